The van der Waals surface area contributed by atoms with E-state index in [-0.39, 0.29) is 12.4 Å². The number of aryl methyl sites for hydroxylation is 1. The van der Waals surface area contributed by atoms with Gasteiger partial charge >= 0.3 is 0 Å². The molecule has 0 aliphatic heterocycles. The fourth-order valence-corrected chi connectivity index (χ4v) is 1.28. The van der Waals surface area contributed by atoms with Crippen LogP contribution in [0.25, 0.3) is 0 Å². The van der Waals surface area contributed by atoms with Gasteiger partial charge in [0.05, 0.1) is 6.20 Å². The van der Waals surface area contributed by atoms with Crippen LogP contribution in [0.1, 0.15) is 16.7 Å². The summed E-state index contributed by atoms with van der Waals surface area (Å²) in [4.78, 5) is 0. The van der Waals surface area contributed by atoms with Crippen molar-refractivity contribution in [3.05, 3.63) is 41.6 Å². The molecule has 0 bridgehead atoms. The number of hydrogen-bond acceptors (Lipinski definition) is 0. The second-order valence-electron chi connectivity index (χ2n) is 3.12. The van der Waals surface area contributed by atoms with Gasteiger partial charge in [-0.3, -0.25) is 5.32 Å². The third kappa shape index (κ3) is 2.58. The molecule has 0 saturated heterocycles. The summed E-state index contributed by atoms with van der Waals surface area (Å²) in [6, 6.07) is 4.29. The van der Waals surface area contributed by atoms with Gasteiger partial charge in [-0.05, 0) is 44.5 Å². The lowest BCUT2D eigenvalue weighted by molar-refractivity contribution is -0.496. The Balaban J connectivity index is 0.00000144. The van der Waals surface area contributed by atoms with Gasteiger partial charge in [0.25, 0.3) is 0 Å². The average Bonchev–Trinajstić information content (AvgIpc) is 2.07. The van der Waals surface area contributed by atoms with Gasteiger partial charge in [-0.15, -0.1) is 0 Å². The minimum Gasteiger partial charge on any atom is -1.00 e. The molecule has 1 aromatic carbocycles. The summed E-state index contributed by atoms with van der Waals surface area (Å²) < 4.78 is 0. The minimum absolute atomic E-state index is 0. The topological polar surface area (TPSA) is 16.6 Å². The first-order valence-corrected chi connectivity index (χ1v) is 4.19. The molecule has 1 nitrogen and oxygen atoms in total. The molecule has 0 aromatic heterocycles. The SMILES string of the molecule is C=C[NH2+]c1ccc(C)c(C)c1C.[Cl-]. The summed E-state index contributed by atoms with van der Waals surface area (Å²) in [7, 11) is 0. The molecule has 0 spiro atoms. The second kappa shape index (κ2) is 5.05. The molecule has 72 valence electrons. The van der Waals surface area contributed by atoms with Gasteiger partial charge in [-0.1, -0.05) is 6.07 Å². The Hall–Kier alpha value is -0.790. The number of hydrogen-bond donors (Lipinski definition) is 1. The molecule has 0 aliphatic rings. The highest BCUT2D eigenvalue weighted by Crippen LogP contribution is 2.17. The van der Waals surface area contributed by atoms with Crippen molar-refractivity contribution >= 4 is 5.69 Å². The zero-order valence-electron chi connectivity index (χ0n) is 8.39. The summed E-state index contributed by atoms with van der Waals surface area (Å²) in [5.41, 5.74) is 5.36. The second-order valence-corrected chi connectivity index (χ2v) is 3.12. The Morgan fingerprint density at radius 3 is 2.31 bits per heavy atom. The van der Waals surface area contributed by atoms with Crippen LogP contribution in [0.2, 0.25) is 0 Å². The Morgan fingerprint density at radius 1 is 1.15 bits per heavy atom. The normalized spacial score (nSPS) is 9.15. The number of halogens is 1. The Bertz CT molecular complexity index is 305. The predicted octanol–water partition coefficient (Wildman–Crippen LogP) is -1.05. The summed E-state index contributed by atoms with van der Waals surface area (Å²) >= 11 is 0. The summed E-state index contributed by atoms with van der Waals surface area (Å²) in [6.07, 6.45) is 1.83. The van der Waals surface area contributed by atoms with Crippen LogP contribution in [0.4, 0.5) is 5.69 Å². The molecule has 1 aromatic rings. The molecule has 0 amide bonds. The van der Waals surface area contributed by atoms with Crippen LogP contribution in [-0.4, -0.2) is 0 Å². The fraction of sp³-hybridized carbons (Fsp3) is 0.273. The Labute approximate surface area is 86.3 Å². The van der Waals surface area contributed by atoms with Crippen molar-refractivity contribution in [2.45, 2.75) is 20.8 Å². The van der Waals surface area contributed by atoms with E-state index in [0.717, 1.165) is 0 Å². The van der Waals surface area contributed by atoms with Crippen LogP contribution >= 0.6 is 0 Å². The van der Waals surface area contributed by atoms with Crippen molar-refractivity contribution in [1.82, 2.24) is 0 Å². The number of nitrogens with two attached hydrogens (primary N) is 1. The van der Waals surface area contributed by atoms with E-state index in [0.29, 0.717) is 0 Å². The van der Waals surface area contributed by atoms with Crippen LogP contribution in [0.3, 0.4) is 0 Å². The largest absolute Gasteiger partial charge is 1.00 e. The number of rotatable bonds is 2. The summed E-state index contributed by atoms with van der Waals surface area (Å²) in [5.74, 6) is 0. The highest BCUT2D eigenvalue weighted by molar-refractivity contribution is 5.46. The average molecular weight is 198 g/mol. The van der Waals surface area contributed by atoms with E-state index in [1.807, 2.05) is 11.5 Å². The molecule has 0 fully saturated rings. The van der Waals surface area contributed by atoms with Gasteiger partial charge in [0.15, 0.2) is 0 Å². The third-order valence-electron chi connectivity index (χ3n) is 2.40. The van der Waals surface area contributed by atoms with Crippen molar-refractivity contribution in [1.29, 1.82) is 0 Å². The van der Waals surface area contributed by atoms with Crippen molar-refractivity contribution in [3.63, 3.8) is 0 Å². The quantitative estimate of drug-likeness (QED) is 0.584. The fourth-order valence-electron chi connectivity index (χ4n) is 1.28. The molecule has 13 heavy (non-hydrogen) atoms. The molecule has 0 saturated carbocycles. The van der Waals surface area contributed by atoms with E-state index in [9.17, 15) is 0 Å². The van der Waals surface area contributed by atoms with Crippen molar-refractivity contribution in [2.75, 3.05) is 0 Å². The first-order chi connectivity index (χ1) is 5.66. The Kier molecular flexibility index (Phi) is 4.74. The van der Waals surface area contributed by atoms with Crippen LogP contribution in [-0.2, 0) is 0 Å². The lowest BCUT2D eigenvalue weighted by Crippen LogP contribution is -3.00. The maximum Gasteiger partial charge on any atom is 0.137 e. The zero-order valence-corrected chi connectivity index (χ0v) is 9.15. The van der Waals surface area contributed by atoms with Crippen LogP contribution in [0, 0.1) is 20.8 Å². The zero-order chi connectivity index (χ0) is 9.14. The predicted molar refractivity (Wildman–Crippen MR) is 52.4 cm³/mol. The van der Waals surface area contributed by atoms with E-state index in [4.69, 9.17) is 0 Å². The lowest BCUT2D eigenvalue weighted by Gasteiger charge is -2.06. The highest BCUT2D eigenvalue weighted by Gasteiger charge is 2.04. The van der Waals surface area contributed by atoms with Gasteiger partial charge in [-0.2, -0.15) is 0 Å². The Morgan fingerprint density at radius 2 is 1.77 bits per heavy atom. The number of quaternary nitrogens is 1. The van der Waals surface area contributed by atoms with E-state index in [1.165, 1.54) is 22.4 Å². The molecular weight excluding hydrogens is 182 g/mol. The van der Waals surface area contributed by atoms with E-state index in [1.54, 1.807) is 0 Å². The highest BCUT2D eigenvalue weighted by atomic mass is 35.5. The van der Waals surface area contributed by atoms with Gasteiger partial charge in [0.1, 0.15) is 5.69 Å². The smallest absolute Gasteiger partial charge is 0.137 e. The lowest BCUT2D eigenvalue weighted by atomic mass is 10.0. The first-order valence-electron chi connectivity index (χ1n) is 4.19. The molecule has 0 radical (unpaired) electrons. The molecule has 2 N–H and O–H groups in total. The molecule has 0 aliphatic carbocycles. The molecule has 0 unspecified atom stereocenters. The van der Waals surface area contributed by atoms with Crippen molar-refractivity contribution in [3.8, 4) is 0 Å². The van der Waals surface area contributed by atoms with Gasteiger partial charge in [-0.25, -0.2) is 0 Å². The van der Waals surface area contributed by atoms with Gasteiger partial charge in [0, 0.05) is 5.56 Å². The molecular formula is C11H16ClN. The summed E-state index contributed by atoms with van der Waals surface area (Å²) in [6.45, 7) is 10.1. The first kappa shape index (κ1) is 12.2. The van der Waals surface area contributed by atoms with E-state index in [2.05, 4.69) is 39.5 Å². The molecule has 1 rings (SSSR count). The minimum atomic E-state index is 0. The summed E-state index contributed by atoms with van der Waals surface area (Å²) in [5, 5.41) is 2.04. The molecule has 0 atom stereocenters. The number of benzene rings is 1. The van der Waals surface area contributed by atoms with Crippen LogP contribution in [0.15, 0.2) is 24.9 Å². The van der Waals surface area contributed by atoms with Gasteiger partial charge in [0.2, 0.25) is 0 Å². The van der Waals surface area contributed by atoms with Crippen molar-refractivity contribution in [2.24, 2.45) is 0 Å². The standard InChI is InChI=1S/C11H15N.ClH/c1-5-12-11-7-6-8(2)9(3)10(11)4;/h5-7,12H,1H2,2-4H3;1H. The van der Waals surface area contributed by atoms with Crippen LogP contribution < -0.4 is 17.7 Å². The van der Waals surface area contributed by atoms with Crippen molar-refractivity contribution < 1.29 is 17.7 Å². The van der Waals surface area contributed by atoms with E-state index >= 15 is 0 Å². The van der Waals surface area contributed by atoms with E-state index < -0.39 is 0 Å². The molecule has 2 heteroatoms. The maximum atomic E-state index is 3.69. The maximum absolute atomic E-state index is 3.69. The van der Waals surface area contributed by atoms with Crippen LogP contribution in [0.5, 0.6) is 0 Å². The monoisotopic (exact) mass is 197 g/mol. The third-order valence-corrected chi connectivity index (χ3v) is 2.40. The van der Waals surface area contributed by atoms with Gasteiger partial charge < -0.3 is 12.4 Å². The molecule has 0 heterocycles.